The first-order valence-corrected chi connectivity index (χ1v) is 5.99. The van der Waals surface area contributed by atoms with Crippen molar-refractivity contribution in [3.8, 4) is 0 Å². The summed E-state index contributed by atoms with van der Waals surface area (Å²) in [5, 5.41) is 4.08. The molecular formula is C14H16N4O. The summed E-state index contributed by atoms with van der Waals surface area (Å²) in [4.78, 5) is 17.9. The van der Waals surface area contributed by atoms with Crippen LogP contribution in [0, 0.1) is 20.8 Å². The second kappa shape index (κ2) is 5.48. The quantitative estimate of drug-likeness (QED) is 0.653. The van der Waals surface area contributed by atoms with E-state index in [1.165, 1.54) is 11.6 Å². The second-order valence-corrected chi connectivity index (χ2v) is 4.47. The van der Waals surface area contributed by atoms with Crippen molar-refractivity contribution in [2.45, 2.75) is 20.8 Å². The van der Waals surface area contributed by atoms with Gasteiger partial charge in [-0.1, -0.05) is 23.8 Å². The van der Waals surface area contributed by atoms with Gasteiger partial charge in [-0.25, -0.2) is 10.4 Å². The number of benzene rings is 1. The minimum atomic E-state index is -0.197. The normalized spacial score (nSPS) is 10.9. The third kappa shape index (κ3) is 3.51. The molecule has 0 bridgehead atoms. The highest BCUT2D eigenvalue weighted by molar-refractivity contribution is 5.82. The first-order valence-electron chi connectivity index (χ1n) is 5.99. The average molecular weight is 256 g/mol. The predicted molar refractivity (Wildman–Crippen MR) is 76.7 cm³/mol. The number of hydrazone groups is 1. The largest absolute Gasteiger partial charge is 0.291 e. The zero-order valence-electron chi connectivity index (χ0n) is 11.2. The molecule has 5 nitrogen and oxygen atoms in total. The molecular weight excluding hydrogens is 240 g/mol. The van der Waals surface area contributed by atoms with E-state index in [1.54, 1.807) is 13.1 Å². The lowest BCUT2D eigenvalue weighted by molar-refractivity contribution is 1.04. The maximum atomic E-state index is 11.2. The van der Waals surface area contributed by atoms with Gasteiger partial charge in [0.1, 0.15) is 0 Å². The van der Waals surface area contributed by atoms with Crippen molar-refractivity contribution < 1.29 is 0 Å². The molecule has 1 aromatic heterocycles. The summed E-state index contributed by atoms with van der Waals surface area (Å²) >= 11 is 0. The summed E-state index contributed by atoms with van der Waals surface area (Å²) in [6.07, 6.45) is 1.71. The molecule has 2 rings (SSSR count). The van der Waals surface area contributed by atoms with Crippen LogP contribution in [0.5, 0.6) is 0 Å². The Bertz CT molecular complexity index is 673. The molecule has 0 atom stereocenters. The summed E-state index contributed by atoms with van der Waals surface area (Å²) in [7, 11) is 0. The lowest BCUT2D eigenvalue weighted by Gasteiger charge is -2.02. The van der Waals surface area contributed by atoms with Crippen molar-refractivity contribution in [1.29, 1.82) is 0 Å². The molecule has 2 aromatic rings. The highest BCUT2D eigenvalue weighted by Gasteiger charge is 1.97. The van der Waals surface area contributed by atoms with E-state index in [0.717, 1.165) is 11.1 Å². The van der Waals surface area contributed by atoms with Gasteiger partial charge in [0.05, 0.1) is 6.21 Å². The second-order valence-electron chi connectivity index (χ2n) is 4.47. The third-order valence-electron chi connectivity index (χ3n) is 2.67. The molecule has 0 aliphatic rings. The summed E-state index contributed by atoms with van der Waals surface area (Å²) in [5.74, 6) is 0.339. The fraction of sp³-hybridized carbons (Fsp3) is 0.214. The van der Waals surface area contributed by atoms with E-state index in [1.807, 2.05) is 26.0 Å². The monoisotopic (exact) mass is 256 g/mol. The fourth-order valence-electron chi connectivity index (χ4n) is 1.77. The number of aromatic amines is 1. The Morgan fingerprint density at radius 2 is 2.05 bits per heavy atom. The fourth-order valence-corrected chi connectivity index (χ4v) is 1.77. The maximum Gasteiger partial charge on any atom is 0.252 e. The standard InChI is InChI=1S/C14H16N4O/c1-9-4-5-12(10(2)6-9)8-15-18-14-16-11(3)7-13(19)17-14/h4-8H,1-3H3,(H2,16,17,18,19)/b15-8-. The van der Waals surface area contributed by atoms with Crippen LogP contribution in [0.4, 0.5) is 5.95 Å². The van der Waals surface area contributed by atoms with Crippen LogP contribution >= 0.6 is 0 Å². The van der Waals surface area contributed by atoms with Crippen LogP contribution in [-0.2, 0) is 0 Å². The molecule has 1 aromatic carbocycles. The van der Waals surface area contributed by atoms with E-state index in [0.29, 0.717) is 11.6 Å². The molecule has 0 saturated carbocycles. The average Bonchev–Trinajstić information content (AvgIpc) is 2.30. The van der Waals surface area contributed by atoms with Gasteiger partial charge >= 0.3 is 0 Å². The van der Waals surface area contributed by atoms with Crippen LogP contribution in [0.1, 0.15) is 22.4 Å². The lowest BCUT2D eigenvalue weighted by Crippen LogP contribution is -2.10. The number of nitrogens with one attached hydrogen (secondary N) is 2. The molecule has 98 valence electrons. The van der Waals surface area contributed by atoms with E-state index in [4.69, 9.17) is 0 Å². The van der Waals surface area contributed by atoms with Gasteiger partial charge in [0, 0.05) is 11.8 Å². The molecule has 5 heteroatoms. The predicted octanol–water partition coefficient (Wildman–Crippen LogP) is 2.14. The van der Waals surface area contributed by atoms with Gasteiger partial charge in [-0.3, -0.25) is 9.78 Å². The molecule has 0 spiro atoms. The molecule has 19 heavy (non-hydrogen) atoms. The van der Waals surface area contributed by atoms with Crippen molar-refractivity contribution in [2.75, 3.05) is 5.43 Å². The number of rotatable bonds is 3. The number of H-pyrrole nitrogens is 1. The van der Waals surface area contributed by atoms with Gasteiger partial charge in [0.15, 0.2) is 0 Å². The van der Waals surface area contributed by atoms with Crippen molar-refractivity contribution in [2.24, 2.45) is 5.10 Å². The summed E-state index contributed by atoms with van der Waals surface area (Å²) in [6, 6.07) is 7.55. The van der Waals surface area contributed by atoms with Gasteiger partial charge in [0.25, 0.3) is 5.56 Å². The molecule has 0 saturated heterocycles. The molecule has 2 N–H and O–H groups in total. The van der Waals surface area contributed by atoms with Crippen LogP contribution in [0.15, 0.2) is 34.2 Å². The van der Waals surface area contributed by atoms with Crippen LogP contribution in [-0.4, -0.2) is 16.2 Å². The lowest BCUT2D eigenvalue weighted by atomic mass is 10.1. The van der Waals surface area contributed by atoms with Crippen molar-refractivity contribution >= 4 is 12.2 Å². The molecule has 1 heterocycles. The Kier molecular flexibility index (Phi) is 3.75. The Morgan fingerprint density at radius 1 is 1.26 bits per heavy atom. The summed E-state index contributed by atoms with van der Waals surface area (Å²) in [5.41, 5.74) is 6.55. The van der Waals surface area contributed by atoms with Crippen molar-refractivity contribution in [1.82, 2.24) is 9.97 Å². The molecule has 0 fully saturated rings. The number of aryl methyl sites for hydroxylation is 3. The molecule has 0 amide bonds. The SMILES string of the molecule is Cc1ccc(/C=N\Nc2nc(C)cc(=O)[nH]2)c(C)c1. The Morgan fingerprint density at radius 3 is 2.74 bits per heavy atom. The zero-order valence-corrected chi connectivity index (χ0v) is 11.2. The minimum absolute atomic E-state index is 0.197. The van der Waals surface area contributed by atoms with Gasteiger partial charge in [-0.15, -0.1) is 0 Å². The Labute approximate surface area is 111 Å². The number of nitrogens with zero attached hydrogens (tertiary/aromatic N) is 2. The molecule has 0 aliphatic heterocycles. The zero-order chi connectivity index (χ0) is 13.8. The highest BCUT2D eigenvalue weighted by atomic mass is 16.1. The Balaban J connectivity index is 2.13. The number of hydrogen-bond donors (Lipinski definition) is 2. The number of hydrogen-bond acceptors (Lipinski definition) is 4. The topological polar surface area (TPSA) is 70.1 Å². The highest BCUT2D eigenvalue weighted by Crippen LogP contribution is 2.08. The van der Waals surface area contributed by atoms with Gasteiger partial charge in [-0.2, -0.15) is 5.10 Å². The minimum Gasteiger partial charge on any atom is -0.291 e. The van der Waals surface area contributed by atoms with Gasteiger partial charge < -0.3 is 0 Å². The van der Waals surface area contributed by atoms with Crippen LogP contribution in [0.3, 0.4) is 0 Å². The van der Waals surface area contributed by atoms with E-state index >= 15 is 0 Å². The van der Waals surface area contributed by atoms with Crippen molar-refractivity contribution in [3.05, 3.63) is 57.0 Å². The summed E-state index contributed by atoms with van der Waals surface area (Å²) < 4.78 is 0. The van der Waals surface area contributed by atoms with Crippen LogP contribution in [0.2, 0.25) is 0 Å². The molecule has 0 aliphatic carbocycles. The summed E-state index contributed by atoms with van der Waals surface area (Å²) in [6.45, 7) is 5.84. The van der Waals surface area contributed by atoms with Gasteiger partial charge in [-0.05, 0) is 31.9 Å². The maximum absolute atomic E-state index is 11.2. The van der Waals surface area contributed by atoms with Crippen molar-refractivity contribution in [3.63, 3.8) is 0 Å². The Hall–Kier alpha value is -2.43. The van der Waals surface area contributed by atoms with Crippen LogP contribution in [0.25, 0.3) is 0 Å². The molecule has 0 radical (unpaired) electrons. The van der Waals surface area contributed by atoms with E-state index in [2.05, 4.69) is 26.6 Å². The first-order chi connectivity index (χ1) is 9.04. The van der Waals surface area contributed by atoms with Crippen LogP contribution < -0.4 is 11.0 Å². The third-order valence-corrected chi connectivity index (χ3v) is 2.67. The number of anilines is 1. The molecule has 0 unspecified atom stereocenters. The van der Waals surface area contributed by atoms with E-state index in [-0.39, 0.29) is 5.56 Å². The smallest absolute Gasteiger partial charge is 0.252 e. The first kappa shape index (κ1) is 13.0. The number of aromatic nitrogens is 2. The van der Waals surface area contributed by atoms with E-state index in [9.17, 15) is 4.79 Å². The van der Waals surface area contributed by atoms with E-state index < -0.39 is 0 Å². The van der Waals surface area contributed by atoms with Gasteiger partial charge in [0.2, 0.25) is 5.95 Å².